The minimum absolute atomic E-state index is 0.0884. The second kappa shape index (κ2) is 8.76. The molecule has 2 aromatic rings. The lowest BCUT2D eigenvalue weighted by atomic mass is 10.0. The summed E-state index contributed by atoms with van der Waals surface area (Å²) in [6, 6.07) is 15.9. The van der Waals surface area contributed by atoms with Crippen molar-refractivity contribution in [3.05, 3.63) is 59.1 Å². The van der Waals surface area contributed by atoms with E-state index in [4.69, 9.17) is 25.8 Å². The van der Waals surface area contributed by atoms with Gasteiger partial charge in [0.2, 0.25) is 0 Å². The minimum Gasteiger partial charge on any atom is -0.493 e. The number of methoxy groups -OCH3 is 1. The topological polar surface area (TPSA) is 30.9 Å². The highest BCUT2D eigenvalue weighted by molar-refractivity contribution is 6.30. The monoisotopic (exact) mass is 375 g/mol. The normalized spacial score (nSPS) is 19.3. The molecule has 0 spiro atoms. The third kappa shape index (κ3) is 4.50. The first-order valence-electron chi connectivity index (χ1n) is 8.99. The highest BCUT2D eigenvalue weighted by atomic mass is 35.5. The van der Waals surface area contributed by atoms with Crippen molar-refractivity contribution in [1.82, 2.24) is 4.90 Å². The van der Waals surface area contributed by atoms with E-state index in [1.807, 2.05) is 48.5 Å². The number of hydrogen-bond donors (Lipinski definition) is 0. The molecule has 1 fully saturated rings. The van der Waals surface area contributed by atoms with E-state index in [1.54, 1.807) is 7.11 Å². The van der Waals surface area contributed by atoms with E-state index in [-0.39, 0.29) is 12.2 Å². The first kappa shape index (κ1) is 19.0. The molecule has 140 valence electrons. The second-order valence-electron chi connectivity index (χ2n) is 6.74. The van der Waals surface area contributed by atoms with Gasteiger partial charge >= 0.3 is 0 Å². The Morgan fingerprint density at radius 1 is 1.12 bits per heavy atom. The summed E-state index contributed by atoms with van der Waals surface area (Å²) in [5, 5.41) is 0.688. The Morgan fingerprint density at radius 3 is 2.58 bits per heavy atom. The number of para-hydroxylation sites is 2. The zero-order chi connectivity index (χ0) is 18.5. The summed E-state index contributed by atoms with van der Waals surface area (Å²) < 4.78 is 18.0. The zero-order valence-electron chi connectivity index (χ0n) is 15.5. The fourth-order valence-corrected chi connectivity index (χ4v) is 3.44. The zero-order valence-corrected chi connectivity index (χ0v) is 16.3. The molecule has 1 heterocycles. The number of morpholine rings is 1. The van der Waals surface area contributed by atoms with Crippen LogP contribution in [0.25, 0.3) is 0 Å². The van der Waals surface area contributed by atoms with Gasteiger partial charge in [0.05, 0.1) is 13.7 Å². The standard InChI is InChI=1S/C21H26ClNO3/c1-15(2)23-11-12-25-20(14-23)21(16-7-6-8-17(22)13-16)26-19-10-5-4-9-18(19)24-3/h4-10,13,15,20-21H,11-12,14H2,1-3H3. The molecule has 0 aliphatic carbocycles. The van der Waals surface area contributed by atoms with Gasteiger partial charge in [-0.2, -0.15) is 0 Å². The van der Waals surface area contributed by atoms with E-state index in [0.717, 1.165) is 18.7 Å². The Labute approximate surface area is 160 Å². The third-order valence-corrected chi connectivity index (χ3v) is 4.93. The molecule has 5 heteroatoms. The first-order chi connectivity index (χ1) is 12.6. The highest BCUT2D eigenvalue weighted by Crippen LogP contribution is 2.34. The van der Waals surface area contributed by atoms with Crippen LogP contribution in [0.1, 0.15) is 25.5 Å². The molecule has 1 saturated heterocycles. The molecule has 4 nitrogen and oxygen atoms in total. The fraction of sp³-hybridized carbons (Fsp3) is 0.429. The van der Waals surface area contributed by atoms with Crippen LogP contribution in [0.2, 0.25) is 5.02 Å². The molecular formula is C21H26ClNO3. The van der Waals surface area contributed by atoms with Crippen molar-refractivity contribution < 1.29 is 14.2 Å². The van der Waals surface area contributed by atoms with Crippen LogP contribution in [0.4, 0.5) is 0 Å². The van der Waals surface area contributed by atoms with Gasteiger partial charge in [-0.25, -0.2) is 0 Å². The Morgan fingerprint density at radius 2 is 1.88 bits per heavy atom. The summed E-state index contributed by atoms with van der Waals surface area (Å²) in [5.74, 6) is 1.40. The fourth-order valence-electron chi connectivity index (χ4n) is 3.24. The molecule has 0 N–H and O–H groups in total. The lowest BCUT2D eigenvalue weighted by Gasteiger charge is -2.39. The van der Waals surface area contributed by atoms with Gasteiger partial charge in [0.15, 0.2) is 17.6 Å². The van der Waals surface area contributed by atoms with Crippen molar-refractivity contribution in [2.75, 3.05) is 26.8 Å². The first-order valence-corrected chi connectivity index (χ1v) is 9.37. The molecule has 2 unspecified atom stereocenters. The van der Waals surface area contributed by atoms with Gasteiger partial charge < -0.3 is 14.2 Å². The molecule has 2 aromatic carbocycles. The number of hydrogen-bond acceptors (Lipinski definition) is 4. The summed E-state index contributed by atoms with van der Waals surface area (Å²) in [4.78, 5) is 2.41. The molecule has 0 bridgehead atoms. The molecule has 0 radical (unpaired) electrons. The van der Waals surface area contributed by atoms with E-state index in [0.29, 0.717) is 29.2 Å². The third-order valence-electron chi connectivity index (χ3n) is 4.69. The van der Waals surface area contributed by atoms with Gasteiger partial charge in [0, 0.05) is 24.2 Å². The maximum absolute atomic E-state index is 6.41. The van der Waals surface area contributed by atoms with E-state index in [1.165, 1.54) is 0 Å². The predicted molar refractivity (Wildman–Crippen MR) is 104 cm³/mol. The van der Waals surface area contributed by atoms with Crippen molar-refractivity contribution >= 4 is 11.6 Å². The van der Waals surface area contributed by atoms with Gasteiger partial charge in [-0.3, -0.25) is 4.90 Å². The van der Waals surface area contributed by atoms with Gasteiger partial charge in [0.1, 0.15) is 6.10 Å². The molecule has 1 aliphatic heterocycles. The SMILES string of the molecule is COc1ccccc1OC(c1cccc(Cl)c1)C1CN(C(C)C)CCO1. The maximum atomic E-state index is 6.41. The average Bonchev–Trinajstić information content (AvgIpc) is 2.66. The van der Waals surface area contributed by atoms with Gasteiger partial charge in [-0.05, 0) is 43.7 Å². The second-order valence-corrected chi connectivity index (χ2v) is 7.18. The van der Waals surface area contributed by atoms with Crippen LogP contribution in [0.15, 0.2) is 48.5 Å². The van der Waals surface area contributed by atoms with Crippen LogP contribution in [-0.4, -0.2) is 43.9 Å². The number of halogens is 1. The Balaban J connectivity index is 1.91. The summed E-state index contributed by atoms with van der Waals surface area (Å²) in [7, 11) is 1.65. The molecule has 2 atom stereocenters. The van der Waals surface area contributed by atoms with Crippen LogP contribution >= 0.6 is 11.6 Å². The van der Waals surface area contributed by atoms with Gasteiger partial charge in [-0.15, -0.1) is 0 Å². The molecule has 0 aromatic heterocycles. The van der Waals surface area contributed by atoms with Crippen molar-refractivity contribution in [3.63, 3.8) is 0 Å². The molecule has 26 heavy (non-hydrogen) atoms. The lowest BCUT2D eigenvalue weighted by Crippen LogP contribution is -2.48. The van der Waals surface area contributed by atoms with Gasteiger partial charge in [0.25, 0.3) is 0 Å². The molecule has 0 amide bonds. The number of ether oxygens (including phenoxy) is 3. The highest BCUT2D eigenvalue weighted by Gasteiger charge is 2.32. The van der Waals surface area contributed by atoms with Crippen LogP contribution in [0.5, 0.6) is 11.5 Å². The van der Waals surface area contributed by atoms with Crippen LogP contribution < -0.4 is 9.47 Å². The molecule has 1 aliphatic rings. The van der Waals surface area contributed by atoms with Crippen LogP contribution in [0, 0.1) is 0 Å². The number of benzene rings is 2. The smallest absolute Gasteiger partial charge is 0.162 e. The summed E-state index contributed by atoms with van der Waals surface area (Å²) in [6.07, 6.45) is -0.360. The van der Waals surface area contributed by atoms with Gasteiger partial charge in [-0.1, -0.05) is 35.9 Å². The lowest BCUT2D eigenvalue weighted by molar-refractivity contribution is -0.0888. The van der Waals surface area contributed by atoms with Crippen molar-refractivity contribution in [2.24, 2.45) is 0 Å². The van der Waals surface area contributed by atoms with Crippen molar-refractivity contribution in [2.45, 2.75) is 32.1 Å². The van der Waals surface area contributed by atoms with Crippen LogP contribution in [0.3, 0.4) is 0 Å². The van der Waals surface area contributed by atoms with E-state index in [9.17, 15) is 0 Å². The number of rotatable bonds is 6. The average molecular weight is 376 g/mol. The summed E-state index contributed by atoms with van der Waals surface area (Å²) >= 11 is 6.24. The Kier molecular flexibility index (Phi) is 6.41. The Bertz CT molecular complexity index is 722. The maximum Gasteiger partial charge on any atom is 0.162 e. The Hall–Kier alpha value is -1.75. The summed E-state index contributed by atoms with van der Waals surface area (Å²) in [5.41, 5.74) is 0.999. The van der Waals surface area contributed by atoms with E-state index >= 15 is 0 Å². The predicted octanol–water partition coefficient (Wildman–Crippen LogP) is 4.58. The quantitative estimate of drug-likeness (QED) is 0.739. The molecular weight excluding hydrogens is 350 g/mol. The van der Waals surface area contributed by atoms with E-state index < -0.39 is 0 Å². The number of nitrogens with zero attached hydrogens (tertiary/aromatic N) is 1. The summed E-state index contributed by atoms with van der Waals surface area (Å²) in [6.45, 7) is 6.85. The van der Waals surface area contributed by atoms with Crippen LogP contribution in [-0.2, 0) is 4.74 Å². The van der Waals surface area contributed by atoms with Crippen molar-refractivity contribution in [1.29, 1.82) is 0 Å². The minimum atomic E-state index is -0.272. The van der Waals surface area contributed by atoms with E-state index in [2.05, 4.69) is 18.7 Å². The molecule has 0 saturated carbocycles. The molecule has 3 rings (SSSR count). The largest absolute Gasteiger partial charge is 0.493 e. The van der Waals surface area contributed by atoms with Crippen molar-refractivity contribution in [3.8, 4) is 11.5 Å².